The summed E-state index contributed by atoms with van der Waals surface area (Å²) in [4.78, 5) is 11.2. The van der Waals surface area contributed by atoms with E-state index < -0.39 is 0 Å². The topological polar surface area (TPSA) is 67.2 Å². The summed E-state index contributed by atoms with van der Waals surface area (Å²) in [6.07, 6.45) is 2.44. The van der Waals surface area contributed by atoms with Crippen LogP contribution in [0, 0.1) is 0 Å². The summed E-state index contributed by atoms with van der Waals surface area (Å²) < 4.78 is 1.58. The second-order valence-corrected chi connectivity index (χ2v) is 2.72. The molecule has 5 nitrogen and oxygen atoms in total. The number of aliphatic hydroxyl groups excluding tert-OH is 1. The van der Waals surface area contributed by atoms with Gasteiger partial charge in [0.1, 0.15) is 5.82 Å². The minimum absolute atomic E-state index is 0.0405. The molecule has 0 atom stereocenters. The van der Waals surface area contributed by atoms with Crippen LogP contribution >= 0.6 is 0 Å². The van der Waals surface area contributed by atoms with Crippen LogP contribution in [0.25, 0.3) is 0 Å². The molecule has 1 heterocycles. The molecule has 0 saturated carbocycles. The van der Waals surface area contributed by atoms with E-state index in [1.807, 2.05) is 0 Å². The Labute approximate surface area is 76.4 Å². The summed E-state index contributed by atoms with van der Waals surface area (Å²) in [5, 5.41) is 15.1. The molecule has 1 amide bonds. The van der Waals surface area contributed by atoms with Crippen molar-refractivity contribution in [2.45, 2.75) is 12.8 Å². The zero-order chi connectivity index (χ0) is 9.68. The minimum Gasteiger partial charge on any atom is -0.396 e. The second kappa shape index (κ2) is 4.61. The Balaban J connectivity index is 2.41. The largest absolute Gasteiger partial charge is 0.396 e. The van der Waals surface area contributed by atoms with Crippen LogP contribution < -0.4 is 5.32 Å². The molecule has 72 valence electrons. The van der Waals surface area contributed by atoms with Gasteiger partial charge in [-0.2, -0.15) is 5.10 Å². The Hall–Kier alpha value is -1.36. The maximum absolute atomic E-state index is 11.2. The van der Waals surface area contributed by atoms with E-state index in [0.29, 0.717) is 18.7 Å². The first-order valence-electron chi connectivity index (χ1n) is 4.12. The van der Waals surface area contributed by atoms with E-state index in [-0.39, 0.29) is 12.5 Å². The first-order valence-corrected chi connectivity index (χ1v) is 4.12. The van der Waals surface area contributed by atoms with Gasteiger partial charge in [0.25, 0.3) is 0 Å². The van der Waals surface area contributed by atoms with Crippen molar-refractivity contribution in [2.75, 3.05) is 11.9 Å². The standard InChI is InChI=1S/C8H13N3O2/c1-11-7(4-5-9-11)10-8(13)3-2-6-12/h4-5,12H,2-3,6H2,1H3,(H,10,13). The average Bonchev–Trinajstić information content (AvgIpc) is 2.48. The fraction of sp³-hybridized carbons (Fsp3) is 0.500. The number of nitrogens with one attached hydrogen (secondary N) is 1. The Morgan fingerprint density at radius 2 is 2.54 bits per heavy atom. The van der Waals surface area contributed by atoms with Crippen LogP contribution in [0.15, 0.2) is 12.3 Å². The molecule has 0 unspecified atom stereocenters. The van der Waals surface area contributed by atoms with Gasteiger partial charge in [-0.1, -0.05) is 0 Å². The van der Waals surface area contributed by atoms with Gasteiger partial charge in [0.05, 0.1) is 6.20 Å². The van der Waals surface area contributed by atoms with Crippen molar-refractivity contribution >= 4 is 11.7 Å². The van der Waals surface area contributed by atoms with E-state index in [9.17, 15) is 4.79 Å². The van der Waals surface area contributed by atoms with E-state index in [0.717, 1.165) is 0 Å². The minimum atomic E-state index is -0.0994. The van der Waals surface area contributed by atoms with Crippen LogP contribution in [0.3, 0.4) is 0 Å². The van der Waals surface area contributed by atoms with Gasteiger partial charge in [-0.15, -0.1) is 0 Å². The number of nitrogens with zero attached hydrogens (tertiary/aromatic N) is 2. The molecule has 0 saturated heterocycles. The summed E-state index contributed by atoms with van der Waals surface area (Å²) >= 11 is 0. The van der Waals surface area contributed by atoms with E-state index >= 15 is 0 Å². The molecule has 0 aromatic carbocycles. The molecule has 0 spiro atoms. The molecule has 0 aliphatic heterocycles. The van der Waals surface area contributed by atoms with E-state index in [1.165, 1.54) is 0 Å². The fourth-order valence-electron chi connectivity index (χ4n) is 0.942. The third kappa shape index (κ3) is 2.87. The molecule has 5 heteroatoms. The van der Waals surface area contributed by atoms with E-state index in [2.05, 4.69) is 10.4 Å². The van der Waals surface area contributed by atoms with Crippen molar-refractivity contribution in [3.8, 4) is 0 Å². The lowest BCUT2D eigenvalue weighted by Gasteiger charge is -2.03. The zero-order valence-corrected chi connectivity index (χ0v) is 7.53. The number of hydrogen-bond acceptors (Lipinski definition) is 3. The molecule has 0 aliphatic carbocycles. The van der Waals surface area contributed by atoms with Gasteiger partial charge in [-0.3, -0.25) is 9.48 Å². The van der Waals surface area contributed by atoms with Crippen molar-refractivity contribution in [2.24, 2.45) is 7.05 Å². The fourth-order valence-corrected chi connectivity index (χ4v) is 0.942. The summed E-state index contributed by atoms with van der Waals surface area (Å²) in [6, 6.07) is 1.72. The predicted molar refractivity (Wildman–Crippen MR) is 48.2 cm³/mol. The van der Waals surface area contributed by atoms with Crippen molar-refractivity contribution < 1.29 is 9.90 Å². The third-order valence-electron chi connectivity index (χ3n) is 1.65. The number of carbonyl (C=O) groups excluding carboxylic acids is 1. The smallest absolute Gasteiger partial charge is 0.225 e. The third-order valence-corrected chi connectivity index (χ3v) is 1.65. The Bertz CT molecular complexity index is 283. The Morgan fingerprint density at radius 1 is 1.77 bits per heavy atom. The molecular weight excluding hydrogens is 170 g/mol. The van der Waals surface area contributed by atoms with Crippen LogP contribution in [0.5, 0.6) is 0 Å². The highest BCUT2D eigenvalue weighted by Gasteiger charge is 2.03. The predicted octanol–water partition coefficient (Wildman–Crippen LogP) is 0.131. The molecule has 0 bridgehead atoms. The number of aliphatic hydroxyl groups is 1. The summed E-state index contributed by atoms with van der Waals surface area (Å²) in [5.74, 6) is 0.570. The van der Waals surface area contributed by atoms with Gasteiger partial charge < -0.3 is 10.4 Å². The second-order valence-electron chi connectivity index (χ2n) is 2.72. The molecule has 13 heavy (non-hydrogen) atoms. The molecule has 1 rings (SSSR count). The number of anilines is 1. The lowest BCUT2D eigenvalue weighted by Crippen LogP contribution is -2.14. The molecule has 2 N–H and O–H groups in total. The van der Waals surface area contributed by atoms with Gasteiger partial charge in [-0.05, 0) is 6.42 Å². The Morgan fingerprint density at radius 3 is 3.08 bits per heavy atom. The number of rotatable bonds is 4. The maximum Gasteiger partial charge on any atom is 0.225 e. The van der Waals surface area contributed by atoms with Crippen LogP contribution in [0.1, 0.15) is 12.8 Å². The number of aromatic nitrogens is 2. The monoisotopic (exact) mass is 183 g/mol. The molecule has 1 aromatic rings. The highest BCUT2D eigenvalue weighted by Crippen LogP contribution is 2.04. The van der Waals surface area contributed by atoms with Crippen LogP contribution in [-0.2, 0) is 11.8 Å². The van der Waals surface area contributed by atoms with E-state index in [4.69, 9.17) is 5.11 Å². The van der Waals surface area contributed by atoms with Gasteiger partial charge in [0, 0.05) is 26.1 Å². The molecule has 0 aliphatic rings. The molecule has 0 radical (unpaired) electrons. The highest BCUT2D eigenvalue weighted by molar-refractivity contribution is 5.89. The van der Waals surface area contributed by atoms with Crippen LogP contribution in [-0.4, -0.2) is 27.4 Å². The average molecular weight is 183 g/mol. The van der Waals surface area contributed by atoms with Gasteiger partial charge in [0.15, 0.2) is 0 Å². The first kappa shape index (κ1) is 9.73. The zero-order valence-electron chi connectivity index (χ0n) is 7.53. The first-order chi connectivity index (χ1) is 6.24. The van der Waals surface area contributed by atoms with Crippen LogP contribution in [0.4, 0.5) is 5.82 Å². The van der Waals surface area contributed by atoms with Crippen molar-refractivity contribution in [3.63, 3.8) is 0 Å². The SMILES string of the molecule is Cn1nccc1NC(=O)CCCO. The normalized spacial score (nSPS) is 10.0. The molecular formula is C8H13N3O2. The summed E-state index contributed by atoms with van der Waals surface area (Å²) in [7, 11) is 1.75. The quantitative estimate of drug-likeness (QED) is 0.697. The van der Waals surface area contributed by atoms with Gasteiger partial charge in [-0.25, -0.2) is 0 Å². The number of carbonyl (C=O) groups is 1. The molecule has 1 aromatic heterocycles. The summed E-state index contributed by atoms with van der Waals surface area (Å²) in [6.45, 7) is 0.0405. The number of amides is 1. The van der Waals surface area contributed by atoms with Crippen molar-refractivity contribution in [3.05, 3.63) is 12.3 Å². The van der Waals surface area contributed by atoms with Gasteiger partial charge >= 0.3 is 0 Å². The molecule has 0 fully saturated rings. The van der Waals surface area contributed by atoms with Crippen molar-refractivity contribution in [1.82, 2.24) is 9.78 Å². The Kier molecular flexibility index (Phi) is 3.45. The van der Waals surface area contributed by atoms with E-state index in [1.54, 1.807) is 24.0 Å². The van der Waals surface area contributed by atoms with Crippen molar-refractivity contribution in [1.29, 1.82) is 0 Å². The summed E-state index contributed by atoms with van der Waals surface area (Å²) in [5.41, 5.74) is 0. The number of aryl methyl sites for hydroxylation is 1. The number of hydrogen-bond donors (Lipinski definition) is 2. The van der Waals surface area contributed by atoms with Gasteiger partial charge in [0.2, 0.25) is 5.91 Å². The van der Waals surface area contributed by atoms with Crippen LogP contribution in [0.2, 0.25) is 0 Å². The lowest BCUT2D eigenvalue weighted by molar-refractivity contribution is -0.116. The highest BCUT2D eigenvalue weighted by atomic mass is 16.3. The maximum atomic E-state index is 11.2. The lowest BCUT2D eigenvalue weighted by atomic mass is 10.3.